The monoisotopic (exact) mass is 271 g/mol. The molecular weight excluding hydrogens is 250 g/mol. The number of aromatic nitrogens is 2. The van der Waals surface area contributed by atoms with E-state index in [4.69, 9.17) is 0 Å². The highest BCUT2D eigenvalue weighted by atomic mass is 15.2. The van der Waals surface area contributed by atoms with Crippen LogP contribution in [0.5, 0.6) is 0 Å². The summed E-state index contributed by atoms with van der Waals surface area (Å²) < 4.78 is 0. The molecule has 0 aliphatic heterocycles. The highest BCUT2D eigenvalue weighted by molar-refractivity contribution is 5.57. The number of nitrogens with one attached hydrogen (secondary N) is 2. The van der Waals surface area contributed by atoms with Crippen LogP contribution in [0, 0.1) is 6.92 Å². The maximum atomic E-state index is 4.47. The Morgan fingerprint density at radius 1 is 1.10 bits per heavy atom. The molecule has 0 aliphatic carbocycles. The second kappa shape index (κ2) is 6.86. The van der Waals surface area contributed by atoms with E-state index < -0.39 is 0 Å². The molecular formula is C15H21N5. The lowest BCUT2D eigenvalue weighted by Crippen LogP contribution is -2.21. The highest BCUT2D eigenvalue weighted by Crippen LogP contribution is 2.16. The van der Waals surface area contributed by atoms with Crippen molar-refractivity contribution in [2.24, 2.45) is 0 Å². The van der Waals surface area contributed by atoms with Gasteiger partial charge in [0.05, 0.1) is 0 Å². The molecule has 0 fully saturated rings. The van der Waals surface area contributed by atoms with Gasteiger partial charge < -0.3 is 15.5 Å². The molecule has 1 aromatic heterocycles. The van der Waals surface area contributed by atoms with Crippen molar-refractivity contribution >= 4 is 17.5 Å². The van der Waals surface area contributed by atoms with Crippen molar-refractivity contribution in [2.45, 2.75) is 6.92 Å². The molecule has 1 aromatic carbocycles. The zero-order chi connectivity index (χ0) is 14.4. The third kappa shape index (κ3) is 4.51. The molecule has 0 amide bonds. The quantitative estimate of drug-likeness (QED) is 0.845. The van der Waals surface area contributed by atoms with E-state index in [9.17, 15) is 0 Å². The molecule has 0 radical (unpaired) electrons. The fourth-order valence-electron chi connectivity index (χ4n) is 1.77. The molecule has 20 heavy (non-hydrogen) atoms. The number of nitrogens with zero attached hydrogens (tertiary/aromatic N) is 3. The van der Waals surface area contributed by atoms with Gasteiger partial charge in [-0.25, -0.2) is 4.98 Å². The minimum absolute atomic E-state index is 0.658. The van der Waals surface area contributed by atoms with Crippen LogP contribution in [0.4, 0.5) is 17.5 Å². The largest absolute Gasteiger partial charge is 0.353 e. The van der Waals surface area contributed by atoms with Crippen molar-refractivity contribution in [3.05, 3.63) is 42.1 Å². The highest BCUT2D eigenvalue weighted by Gasteiger charge is 2.02. The number of benzene rings is 1. The van der Waals surface area contributed by atoms with Crippen LogP contribution in [0.1, 0.15) is 5.69 Å². The standard InChI is InChI=1S/C15H21N5/c1-12-11-14(18-13-7-5-4-6-8-13)19-15(17-12)16-9-10-20(2)3/h4-8,11H,9-10H2,1-3H3,(H2,16,17,18,19). The van der Waals surface area contributed by atoms with E-state index in [1.807, 2.05) is 57.4 Å². The van der Waals surface area contributed by atoms with Crippen molar-refractivity contribution in [3.8, 4) is 0 Å². The average Bonchev–Trinajstić information content (AvgIpc) is 2.38. The summed E-state index contributed by atoms with van der Waals surface area (Å²) in [4.78, 5) is 11.0. The lowest BCUT2D eigenvalue weighted by atomic mass is 10.3. The fraction of sp³-hybridized carbons (Fsp3) is 0.333. The summed E-state index contributed by atoms with van der Waals surface area (Å²) in [7, 11) is 4.09. The molecule has 1 heterocycles. The summed E-state index contributed by atoms with van der Waals surface area (Å²) in [6.07, 6.45) is 0. The fourth-order valence-corrected chi connectivity index (χ4v) is 1.77. The Morgan fingerprint density at radius 2 is 1.85 bits per heavy atom. The normalized spacial score (nSPS) is 10.6. The van der Waals surface area contributed by atoms with E-state index in [1.54, 1.807) is 0 Å². The Balaban J connectivity index is 2.04. The Morgan fingerprint density at radius 3 is 2.55 bits per heavy atom. The topological polar surface area (TPSA) is 53.1 Å². The number of para-hydroxylation sites is 1. The first-order valence-corrected chi connectivity index (χ1v) is 6.70. The molecule has 5 nitrogen and oxygen atoms in total. The zero-order valence-electron chi connectivity index (χ0n) is 12.2. The van der Waals surface area contributed by atoms with Gasteiger partial charge in [0.25, 0.3) is 0 Å². The number of rotatable bonds is 6. The zero-order valence-corrected chi connectivity index (χ0v) is 12.2. The molecule has 5 heteroatoms. The predicted molar refractivity (Wildman–Crippen MR) is 83.5 cm³/mol. The summed E-state index contributed by atoms with van der Waals surface area (Å²) >= 11 is 0. The average molecular weight is 271 g/mol. The van der Waals surface area contributed by atoms with Crippen molar-refractivity contribution in [3.63, 3.8) is 0 Å². The van der Waals surface area contributed by atoms with E-state index >= 15 is 0 Å². The molecule has 0 unspecified atom stereocenters. The van der Waals surface area contributed by atoms with Crippen LogP contribution in [0.3, 0.4) is 0 Å². The number of anilines is 3. The Kier molecular flexibility index (Phi) is 4.90. The lowest BCUT2D eigenvalue weighted by molar-refractivity contribution is 0.425. The lowest BCUT2D eigenvalue weighted by Gasteiger charge is -2.12. The minimum Gasteiger partial charge on any atom is -0.353 e. The van der Waals surface area contributed by atoms with E-state index in [0.717, 1.165) is 30.3 Å². The Hall–Kier alpha value is -2.14. The first-order chi connectivity index (χ1) is 9.63. The number of hydrogen-bond donors (Lipinski definition) is 2. The molecule has 0 atom stereocenters. The second-order valence-corrected chi connectivity index (χ2v) is 4.94. The number of likely N-dealkylation sites (N-methyl/N-ethyl adjacent to an activating group) is 1. The van der Waals surface area contributed by atoms with Gasteiger partial charge in [-0.2, -0.15) is 4.98 Å². The van der Waals surface area contributed by atoms with Crippen molar-refractivity contribution in [1.29, 1.82) is 0 Å². The number of aryl methyl sites for hydroxylation is 1. The van der Waals surface area contributed by atoms with Gasteiger partial charge in [0, 0.05) is 30.5 Å². The third-order valence-electron chi connectivity index (χ3n) is 2.74. The van der Waals surface area contributed by atoms with Gasteiger partial charge in [-0.05, 0) is 33.2 Å². The van der Waals surface area contributed by atoms with Gasteiger partial charge in [-0.3, -0.25) is 0 Å². The van der Waals surface area contributed by atoms with Gasteiger partial charge in [-0.1, -0.05) is 18.2 Å². The molecule has 0 saturated heterocycles. The van der Waals surface area contributed by atoms with Crippen LogP contribution in [0.15, 0.2) is 36.4 Å². The van der Waals surface area contributed by atoms with Crippen LogP contribution in [-0.2, 0) is 0 Å². The maximum Gasteiger partial charge on any atom is 0.224 e. The van der Waals surface area contributed by atoms with Crippen LogP contribution in [0.25, 0.3) is 0 Å². The van der Waals surface area contributed by atoms with Crippen molar-refractivity contribution in [2.75, 3.05) is 37.8 Å². The molecule has 2 aromatic rings. The molecule has 0 saturated carbocycles. The van der Waals surface area contributed by atoms with Crippen LogP contribution in [-0.4, -0.2) is 42.1 Å². The number of hydrogen-bond acceptors (Lipinski definition) is 5. The van der Waals surface area contributed by atoms with E-state index in [2.05, 4.69) is 25.5 Å². The SMILES string of the molecule is Cc1cc(Nc2ccccc2)nc(NCCN(C)C)n1. The summed E-state index contributed by atoms with van der Waals surface area (Å²) in [6, 6.07) is 11.9. The summed E-state index contributed by atoms with van der Waals surface area (Å²) in [5.74, 6) is 1.46. The summed E-state index contributed by atoms with van der Waals surface area (Å²) in [6.45, 7) is 3.73. The predicted octanol–water partition coefficient (Wildman–Crippen LogP) is 2.50. The summed E-state index contributed by atoms with van der Waals surface area (Å²) in [5.41, 5.74) is 1.95. The summed E-state index contributed by atoms with van der Waals surface area (Å²) in [5, 5.41) is 6.52. The molecule has 2 rings (SSSR count). The molecule has 0 spiro atoms. The Labute approximate surface area is 120 Å². The van der Waals surface area contributed by atoms with E-state index in [1.165, 1.54) is 0 Å². The van der Waals surface area contributed by atoms with Gasteiger partial charge in [-0.15, -0.1) is 0 Å². The van der Waals surface area contributed by atoms with Crippen molar-refractivity contribution < 1.29 is 0 Å². The smallest absolute Gasteiger partial charge is 0.224 e. The maximum absolute atomic E-state index is 4.47. The van der Waals surface area contributed by atoms with Crippen LogP contribution < -0.4 is 10.6 Å². The van der Waals surface area contributed by atoms with Crippen molar-refractivity contribution in [1.82, 2.24) is 14.9 Å². The molecule has 0 aliphatic rings. The van der Waals surface area contributed by atoms with Crippen LogP contribution >= 0.6 is 0 Å². The molecule has 106 valence electrons. The van der Waals surface area contributed by atoms with E-state index in [-0.39, 0.29) is 0 Å². The van der Waals surface area contributed by atoms with Gasteiger partial charge in [0.15, 0.2) is 0 Å². The van der Waals surface area contributed by atoms with Gasteiger partial charge >= 0.3 is 0 Å². The third-order valence-corrected chi connectivity index (χ3v) is 2.74. The van der Waals surface area contributed by atoms with Crippen LogP contribution in [0.2, 0.25) is 0 Å². The molecule has 0 bridgehead atoms. The van der Waals surface area contributed by atoms with Gasteiger partial charge in [0.1, 0.15) is 5.82 Å². The van der Waals surface area contributed by atoms with Gasteiger partial charge in [0.2, 0.25) is 5.95 Å². The second-order valence-electron chi connectivity index (χ2n) is 4.94. The Bertz CT molecular complexity index is 539. The first-order valence-electron chi connectivity index (χ1n) is 6.70. The minimum atomic E-state index is 0.658. The van der Waals surface area contributed by atoms with E-state index in [0.29, 0.717) is 5.95 Å². The first kappa shape index (κ1) is 14.3. The molecule has 2 N–H and O–H groups in total.